The van der Waals surface area contributed by atoms with Crippen LogP contribution in [-0.2, 0) is 9.59 Å². The highest BCUT2D eigenvalue weighted by Gasteiger charge is 2.23. The van der Waals surface area contributed by atoms with Crippen LogP contribution in [0, 0.1) is 17.1 Å². The molecule has 0 saturated carbocycles. The van der Waals surface area contributed by atoms with Gasteiger partial charge in [0.1, 0.15) is 12.2 Å². The molecule has 1 aliphatic heterocycles. The number of carbonyl (C=O) groups excluding carboxylic acids is 2. The Morgan fingerprint density at radius 2 is 2.00 bits per heavy atom. The van der Waals surface area contributed by atoms with Gasteiger partial charge < -0.3 is 15.1 Å². The maximum Gasteiger partial charge on any atom is 0.238 e. The topological polar surface area (TPSA) is 76.4 Å². The van der Waals surface area contributed by atoms with Gasteiger partial charge in [0, 0.05) is 43.3 Å². The number of nitrogens with zero attached hydrogens (tertiary/aromatic N) is 3. The van der Waals surface area contributed by atoms with Crippen molar-refractivity contribution in [3.63, 3.8) is 0 Å². The van der Waals surface area contributed by atoms with E-state index in [1.54, 1.807) is 17.0 Å². The van der Waals surface area contributed by atoms with Crippen LogP contribution in [0.5, 0.6) is 0 Å². The summed E-state index contributed by atoms with van der Waals surface area (Å²) >= 11 is 3.33. The molecule has 6 nitrogen and oxygen atoms in total. The highest BCUT2D eigenvalue weighted by molar-refractivity contribution is 9.10. The van der Waals surface area contributed by atoms with Gasteiger partial charge in [-0.25, -0.2) is 4.39 Å². The fourth-order valence-corrected chi connectivity index (χ4v) is 3.15. The van der Waals surface area contributed by atoms with E-state index in [4.69, 9.17) is 5.26 Å². The highest BCUT2D eigenvalue weighted by atomic mass is 79.9. The first-order chi connectivity index (χ1) is 10.9. The van der Waals surface area contributed by atoms with Crippen molar-refractivity contribution in [3.8, 4) is 6.07 Å². The highest BCUT2D eigenvalue weighted by Crippen LogP contribution is 2.33. The molecule has 0 radical (unpaired) electrons. The van der Waals surface area contributed by atoms with Crippen LogP contribution >= 0.6 is 15.9 Å². The predicted octanol–water partition coefficient (Wildman–Crippen LogP) is 2.11. The van der Waals surface area contributed by atoms with Gasteiger partial charge in [0.2, 0.25) is 11.8 Å². The zero-order valence-electron chi connectivity index (χ0n) is 12.6. The monoisotopic (exact) mass is 382 g/mol. The number of hydrogen-bond acceptors (Lipinski definition) is 4. The SMILES string of the molecule is CC(=O)N1CCN(c2c(F)cc(NC(=O)CC#N)cc2Br)CC1. The van der Waals surface area contributed by atoms with Gasteiger partial charge >= 0.3 is 0 Å². The maximum atomic E-state index is 14.4. The van der Waals surface area contributed by atoms with Crippen molar-refractivity contribution in [2.45, 2.75) is 13.3 Å². The van der Waals surface area contributed by atoms with Crippen LogP contribution < -0.4 is 10.2 Å². The maximum absolute atomic E-state index is 14.4. The Kier molecular flexibility index (Phi) is 5.55. The average Bonchev–Trinajstić information content (AvgIpc) is 2.47. The second-order valence-corrected chi connectivity index (χ2v) is 6.02. The van der Waals surface area contributed by atoms with Crippen molar-refractivity contribution < 1.29 is 14.0 Å². The molecule has 23 heavy (non-hydrogen) atoms. The molecule has 1 fully saturated rings. The Labute approximate surface area is 142 Å². The summed E-state index contributed by atoms with van der Waals surface area (Å²) in [6.45, 7) is 3.68. The summed E-state index contributed by atoms with van der Waals surface area (Å²) in [5.74, 6) is -0.940. The lowest BCUT2D eigenvalue weighted by atomic mass is 10.2. The van der Waals surface area contributed by atoms with Crippen molar-refractivity contribution in [1.82, 2.24) is 4.90 Å². The van der Waals surface area contributed by atoms with Crippen molar-refractivity contribution in [2.24, 2.45) is 0 Å². The van der Waals surface area contributed by atoms with Gasteiger partial charge in [-0.05, 0) is 28.1 Å². The molecule has 1 aliphatic rings. The standard InChI is InChI=1S/C15H16BrFN4O2/c1-10(22)20-4-6-21(7-5-20)15-12(16)8-11(9-13(15)17)19-14(23)2-3-18/h8-9H,2,4-7H2,1H3,(H,19,23). The summed E-state index contributed by atoms with van der Waals surface area (Å²) in [6.07, 6.45) is -0.284. The lowest BCUT2D eigenvalue weighted by Gasteiger charge is -2.36. The number of anilines is 2. The van der Waals surface area contributed by atoms with Gasteiger partial charge in [-0.2, -0.15) is 5.26 Å². The molecule has 2 amide bonds. The number of halogens is 2. The number of nitrogens with one attached hydrogen (secondary N) is 1. The predicted molar refractivity (Wildman–Crippen MR) is 87.4 cm³/mol. The van der Waals surface area contributed by atoms with Crippen LogP contribution in [0.25, 0.3) is 0 Å². The van der Waals surface area contributed by atoms with E-state index in [0.29, 0.717) is 42.0 Å². The van der Waals surface area contributed by atoms with Crippen LogP contribution in [0.15, 0.2) is 16.6 Å². The lowest BCUT2D eigenvalue weighted by molar-refractivity contribution is -0.129. The molecule has 8 heteroatoms. The number of nitriles is 1. The molecule has 1 N–H and O–H groups in total. The number of rotatable bonds is 3. The molecule has 0 spiro atoms. The summed E-state index contributed by atoms with van der Waals surface area (Å²) in [5, 5.41) is 10.9. The Morgan fingerprint density at radius 1 is 1.35 bits per heavy atom. The molecule has 1 heterocycles. The van der Waals surface area contributed by atoms with E-state index >= 15 is 0 Å². The molecule has 0 bridgehead atoms. The molecule has 122 valence electrons. The molecule has 2 rings (SSSR count). The summed E-state index contributed by atoms with van der Waals surface area (Å²) in [4.78, 5) is 26.3. The Morgan fingerprint density at radius 3 is 2.52 bits per heavy atom. The summed E-state index contributed by atoms with van der Waals surface area (Å²) in [7, 11) is 0. The fourth-order valence-electron chi connectivity index (χ4n) is 2.46. The van der Waals surface area contributed by atoms with Gasteiger partial charge in [-0.3, -0.25) is 9.59 Å². The van der Waals surface area contributed by atoms with Crippen molar-refractivity contribution >= 4 is 39.1 Å². The normalized spacial score (nSPS) is 14.3. The molecular formula is C15H16BrFN4O2. The number of amides is 2. The van der Waals surface area contributed by atoms with Gasteiger partial charge in [0.05, 0.1) is 11.8 Å². The van der Waals surface area contributed by atoms with E-state index in [1.807, 2.05) is 4.90 Å². The van der Waals surface area contributed by atoms with Crippen molar-refractivity contribution in [3.05, 3.63) is 22.4 Å². The molecule has 1 aromatic carbocycles. The lowest BCUT2D eigenvalue weighted by Crippen LogP contribution is -2.48. The quantitative estimate of drug-likeness (QED) is 0.868. The molecule has 0 aromatic heterocycles. The minimum atomic E-state index is -0.485. The van der Waals surface area contributed by atoms with Gasteiger partial charge in [0.15, 0.2) is 0 Å². The third-order valence-corrected chi connectivity index (χ3v) is 4.19. The first-order valence-corrected chi connectivity index (χ1v) is 7.88. The number of hydrogen-bond donors (Lipinski definition) is 1. The van der Waals surface area contributed by atoms with Gasteiger partial charge in [0.25, 0.3) is 0 Å². The molecule has 1 aromatic rings. The second kappa shape index (κ2) is 7.42. The first-order valence-electron chi connectivity index (χ1n) is 7.08. The molecule has 0 aliphatic carbocycles. The van der Waals surface area contributed by atoms with E-state index in [-0.39, 0.29) is 12.3 Å². The van der Waals surface area contributed by atoms with E-state index in [2.05, 4.69) is 21.2 Å². The van der Waals surface area contributed by atoms with E-state index in [1.165, 1.54) is 13.0 Å². The second-order valence-electron chi connectivity index (χ2n) is 5.16. The van der Waals surface area contributed by atoms with E-state index in [9.17, 15) is 14.0 Å². The van der Waals surface area contributed by atoms with Gasteiger partial charge in [-0.1, -0.05) is 0 Å². The Bertz CT molecular complexity index is 643. The zero-order valence-corrected chi connectivity index (χ0v) is 14.2. The number of carbonyl (C=O) groups is 2. The molecule has 0 unspecified atom stereocenters. The van der Waals surface area contributed by atoms with Crippen LogP contribution in [0.3, 0.4) is 0 Å². The van der Waals surface area contributed by atoms with Crippen LogP contribution in [0.2, 0.25) is 0 Å². The van der Waals surface area contributed by atoms with Crippen LogP contribution in [-0.4, -0.2) is 42.9 Å². The smallest absolute Gasteiger partial charge is 0.238 e. The van der Waals surface area contributed by atoms with E-state index < -0.39 is 11.7 Å². The van der Waals surface area contributed by atoms with E-state index in [0.717, 1.165) is 0 Å². The third kappa shape index (κ3) is 4.20. The van der Waals surface area contributed by atoms with Crippen LogP contribution in [0.4, 0.5) is 15.8 Å². The first kappa shape index (κ1) is 17.2. The van der Waals surface area contributed by atoms with Crippen molar-refractivity contribution in [2.75, 3.05) is 36.4 Å². The third-order valence-electron chi connectivity index (χ3n) is 3.58. The minimum absolute atomic E-state index is 0.0136. The molecular weight excluding hydrogens is 367 g/mol. The van der Waals surface area contributed by atoms with Crippen molar-refractivity contribution in [1.29, 1.82) is 5.26 Å². The molecule has 1 saturated heterocycles. The van der Waals surface area contributed by atoms with Gasteiger partial charge in [-0.15, -0.1) is 0 Å². The molecule has 0 atom stereocenters. The number of piperazine rings is 1. The summed E-state index contributed by atoms with van der Waals surface area (Å²) < 4.78 is 14.9. The zero-order chi connectivity index (χ0) is 17.0. The summed E-state index contributed by atoms with van der Waals surface area (Å²) in [5.41, 5.74) is 0.701. The fraction of sp³-hybridized carbons (Fsp3) is 0.400. The number of benzene rings is 1. The Balaban J connectivity index is 2.14. The summed E-state index contributed by atoms with van der Waals surface area (Å²) in [6, 6.07) is 4.57. The average molecular weight is 383 g/mol. The largest absolute Gasteiger partial charge is 0.365 e. The Hall–Kier alpha value is -2.14. The van der Waals surface area contributed by atoms with Crippen LogP contribution in [0.1, 0.15) is 13.3 Å². The minimum Gasteiger partial charge on any atom is -0.365 e.